The van der Waals surface area contributed by atoms with Crippen molar-refractivity contribution in [3.8, 4) is 33.6 Å². The Hall–Kier alpha value is -4.63. The molecule has 0 unspecified atom stereocenters. The second-order valence-corrected chi connectivity index (χ2v) is 10.7. The number of fused-ring (bicyclic) bond motifs is 4. The van der Waals surface area contributed by atoms with Gasteiger partial charge in [0.1, 0.15) is 0 Å². The Morgan fingerprint density at radius 1 is 0.951 bits per heavy atom. The lowest BCUT2D eigenvalue weighted by molar-refractivity contribution is -0.119. The van der Waals surface area contributed by atoms with Crippen molar-refractivity contribution in [1.29, 1.82) is 0 Å². The molecule has 5 heterocycles. The van der Waals surface area contributed by atoms with Crippen LogP contribution in [0.3, 0.4) is 0 Å². The van der Waals surface area contributed by atoms with Crippen LogP contribution in [0.25, 0.3) is 33.6 Å². The molecule has 5 aromatic rings. The van der Waals surface area contributed by atoms with Crippen LogP contribution < -0.4 is 10.9 Å². The summed E-state index contributed by atoms with van der Waals surface area (Å²) in [6.45, 7) is 1.91. The third-order valence-electron chi connectivity index (χ3n) is 7.56. The Labute approximate surface area is 241 Å². The third kappa shape index (κ3) is 5.28. The quantitative estimate of drug-likeness (QED) is 0.297. The number of carbonyl (C=O) groups is 1. The van der Waals surface area contributed by atoms with Gasteiger partial charge in [0.15, 0.2) is 0 Å². The molecule has 0 radical (unpaired) electrons. The number of nitrogens with one attached hydrogen (secondary N) is 1. The van der Waals surface area contributed by atoms with E-state index in [1.807, 2.05) is 56.4 Å². The van der Waals surface area contributed by atoms with Crippen LogP contribution in [0.4, 0.5) is 5.69 Å². The maximum atomic E-state index is 13.7. The Bertz CT molecular complexity index is 1800. The first-order chi connectivity index (χ1) is 19.9. The zero-order valence-electron chi connectivity index (χ0n) is 22.7. The highest BCUT2D eigenvalue weighted by atomic mass is 35.5. The van der Waals surface area contributed by atoms with E-state index in [9.17, 15) is 9.59 Å². The van der Waals surface area contributed by atoms with Gasteiger partial charge in [0.2, 0.25) is 5.91 Å². The van der Waals surface area contributed by atoms with Gasteiger partial charge in [0.25, 0.3) is 5.56 Å². The summed E-state index contributed by atoms with van der Waals surface area (Å²) in [7, 11) is 1.83. The van der Waals surface area contributed by atoms with Crippen LogP contribution in [0.1, 0.15) is 37.9 Å². The standard InChI is InChI=1S/C31H28ClN7O2/c1-19-5-3-7-28(26-13-20(10-12-34-26)30-27(37-31(19)41)17-36-38(30)2)39-18-35-25(15-29(39)40)24-14-22(32)8-9-23(24)21-6-4-11-33-16-21/h4,6,8-19,28H,3,5,7H2,1-2H3,(H,37,41)/t19-,28+/m1/s1. The average Bonchev–Trinajstić information content (AvgIpc) is 3.34. The maximum Gasteiger partial charge on any atom is 0.254 e. The molecule has 1 N–H and O–H groups in total. The first-order valence-electron chi connectivity index (χ1n) is 13.5. The molecule has 2 atom stereocenters. The summed E-state index contributed by atoms with van der Waals surface area (Å²) >= 11 is 6.36. The van der Waals surface area contributed by atoms with E-state index in [1.54, 1.807) is 46.4 Å². The fourth-order valence-electron chi connectivity index (χ4n) is 5.38. The predicted molar refractivity (Wildman–Crippen MR) is 158 cm³/mol. The van der Waals surface area contributed by atoms with Crippen LogP contribution in [-0.2, 0) is 11.8 Å². The molecule has 1 aliphatic heterocycles. The van der Waals surface area contributed by atoms with Crippen molar-refractivity contribution in [3.05, 3.63) is 101 Å². The number of pyridine rings is 2. The summed E-state index contributed by atoms with van der Waals surface area (Å²) in [4.78, 5) is 40.3. The second-order valence-electron chi connectivity index (χ2n) is 10.3. The molecule has 0 spiro atoms. The first kappa shape index (κ1) is 26.6. The van der Waals surface area contributed by atoms with E-state index in [0.717, 1.165) is 40.1 Å². The van der Waals surface area contributed by atoms with E-state index >= 15 is 0 Å². The van der Waals surface area contributed by atoms with E-state index in [2.05, 4.69) is 20.4 Å². The normalized spacial score (nSPS) is 17.2. The van der Waals surface area contributed by atoms with Crippen LogP contribution in [0, 0.1) is 5.92 Å². The minimum atomic E-state index is -0.368. The fourth-order valence-corrected chi connectivity index (χ4v) is 5.55. The van der Waals surface area contributed by atoms with Crippen molar-refractivity contribution >= 4 is 23.2 Å². The molecule has 206 valence electrons. The summed E-state index contributed by atoms with van der Waals surface area (Å²) in [5.74, 6) is -0.264. The van der Waals surface area contributed by atoms with Crippen molar-refractivity contribution in [2.45, 2.75) is 32.2 Å². The van der Waals surface area contributed by atoms with E-state index in [1.165, 1.54) is 0 Å². The van der Waals surface area contributed by atoms with Gasteiger partial charge < -0.3 is 5.32 Å². The van der Waals surface area contributed by atoms with Crippen molar-refractivity contribution in [2.24, 2.45) is 13.0 Å². The Morgan fingerprint density at radius 3 is 2.63 bits per heavy atom. The number of benzene rings is 1. The SMILES string of the molecule is C[C@@H]1CCC[C@H](n2cnc(-c3cc(Cl)ccc3-c3cccnc3)cc2=O)c2cc(ccn2)-c2c(cnn2C)NC1=O. The molecular weight excluding hydrogens is 538 g/mol. The van der Waals surface area contributed by atoms with Crippen molar-refractivity contribution in [1.82, 2.24) is 29.3 Å². The highest BCUT2D eigenvalue weighted by Crippen LogP contribution is 2.34. The Morgan fingerprint density at radius 2 is 1.83 bits per heavy atom. The molecule has 1 aromatic carbocycles. The number of hydrogen-bond acceptors (Lipinski definition) is 6. The molecule has 41 heavy (non-hydrogen) atoms. The van der Waals surface area contributed by atoms with Crippen LogP contribution >= 0.6 is 11.6 Å². The smallest absolute Gasteiger partial charge is 0.254 e. The molecule has 2 bridgehead atoms. The highest BCUT2D eigenvalue weighted by molar-refractivity contribution is 6.31. The van der Waals surface area contributed by atoms with Gasteiger partial charge in [0.05, 0.1) is 41.3 Å². The van der Waals surface area contributed by atoms with Gasteiger partial charge in [-0.3, -0.25) is 28.8 Å². The predicted octanol–water partition coefficient (Wildman–Crippen LogP) is 5.77. The summed E-state index contributed by atoms with van der Waals surface area (Å²) in [6.07, 6.45) is 10.5. The first-order valence-corrected chi connectivity index (χ1v) is 13.8. The molecule has 1 aliphatic rings. The highest BCUT2D eigenvalue weighted by Gasteiger charge is 2.24. The zero-order chi connectivity index (χ0) is 28.5. The number of aryl methyl sites for hydroxylation is 1. The second kappa shape index (κ2) is 11.1. The number of carbonyl (C=O) groups excluding carboxylic acids is 1. The van der Waals surface area contributed by atoms with Crippen molar-refractivity contribution < 1.29 is 4.79 Å². The molecule has 1 amide bonds. The molecule has 0 saturated carbocycles. The van der Waals surface area contributed by atoms with Crippen LogP contribution in [0.15, 0.2) is 84.4 Å². The maximum absolute atomic E-state index is 13.7. The summed E-state index contributed by atoms with van der Waals surface area (Å²) < 4.78 is 3.36. The number of nitrogens with zero attached hydrogens (tertiary/aromatic N) is 6. The van der Waals surface area contributed by atoms with Crippen LogP contribution in [0.2, 0.25) is 5.02 Å². The van der Waals surface area contributed by atoms with Gasteiger partial charge in [-0.15, -0.1) is 0 Å². The van der Waals surface area contributed by atoms with E-state index < -0.39 is 0 Å². The van der Waals surface area contributed by atoms with E-state index in [0.29, 0.717) is 29.2 Å². The summed E-state index contributed by atoms with van der Waals surface area (Å²) in [6, 6.07) is 14.4. The molecule has 0 aliphatic carbocycles. The van der Waals surface area contributed by atoms with Crippen molar-refractivity contribution in [2.75, 3.05) is 5.32 Å². The monoisotopic (exact) mass is 565 g/mol. The van der Waals surface area contributed by atoms with Gasteiger partial charge in [-0.25, -0.2) is 4.98 Å². The molecule has 0 fully saturated rings. The minimum Gasteiger partial charge on any atom is -0.323 e. The van der Waals surface area contributed by atoms with Crippen molar-refractivity contribution in [3.63, 3.8) is 0 Å². The lowest BCUT2D eigenvalue weighted by Crippen LogP contribution is -2.27. The topological polar surface area (TPSA) is 108 Å². The van der Waals surface area contributed by atoms with Gasteiger partial charge in [-0.05, 0) is 48.7 Å². The van der Waals surface area contributed by atoms with Gasteiger partial charge in [-0.1, -0.05) is 37.1 Å². The molecular formula is C31H28ClN7O2. The summed E-state index contributed by atoms with van der Waals surface area (Å²) in [5, 5.41) is 7.95. The Kier molecular flexibility index (Phi) is 7.19. The lowest BCUT2D eigenvalue weighted by Gasteiger charge is -2.22. The van der Waals surface area contributed by atoms with Crippen LogP contribution in [0.5, 0.6) is 0 Å². The fraction of sp³-hybridized carbons (Fsp3) is 0.226. The molecule has 9 nitrogen and oxygen atoms in total. The van der Waals surface area contributed by atoms with Gasteiger partial charge >= 0.3 is 0 Å². The summed E-state index contributed by atoms with van der Waals surface area (Å²) in [5.41, 5.74) is 5.86. The number of anilines is 1. The number of hydrogen-bond donors (Lipinski definition) is 1. The van der Waals surface area contributed by atoms with Gasteiger partial charge in [-0.2, -0.15) is 5.10 Å². The van der Waals surface area contributed by atoms with E-state index in [4.69, 9.17) is 16.6 Å². The lowest BCUT2D eigenvalue weighted by atomic mass is 9.96. The van der Waals surface area contributed by atoms with E-state index in [-0.39, 0.29) is 23.4 Å². The number of aromatic nitrogens is 6. The average molecular weight is 566 g/mol. The molecule has 4 aromatic heterocycles. The number of halogens is 1. The zero-order valence-corrected chi connectivity index (χ0v) is 23.4. The molecule has 10 heteroatoms. The van der Waals surface area contributed by atoms with Crippen LogP contribution in [-0.4, -0.2) is 35.2 Å². The molecule has 6 rings (SSSR count). The van der Waals surface area contributed by atoms with Gasteiger partial charge in [0, 0.05) is 59.3 Å². The minimum absolute atomic E-state index is 0.0558. The largest absolute Gasteiger partial charge is 0.323 e. The number of rotatable bonds is 3. The third-order valence-corrected chi connectivity index (χ3v) is 7.79. The Balaban J connectivity index is 1.44. The molecule has 0 saturated heterocycles. The number of amides is 1.